The fraction of sp³-hybridized carbons (Fsp3) is 0.250. The van der Waals surface area contributed by atoms with Crippen molar-refractivity contribution in [3.05, 3.63) is 73.7 Å². The lowest BCUT2D eigenvalue weighted by molar-refractivity contribution is -0.384. The summed E-state index contributed by atoms with van der Waals surface area (Å²) >= 11 is 3.39. The number of hydrogen-bond acceptors (Lipinski definition) is 3. The Morgan fingerprint density at radius 2 is 2.00 bits per heavy atom. The molecule has 4 nitrogen and oxygen atoms in total. The molecule has 2 aromatic rings. The normalized spacial score (nSPS) is 12.1. The number of rotatable bonds is 5. The molecule has 0 aliphatic heterocycles. The number of hydrogen-bond donors (Lipinski definition) is 1. The van der Waals surface area contributed by atoms with Crippen molar-refractivity contribution in [3.8, 4) is 0 Å². The molecule has 0 unspecified atom stereocenters. The van der Waals surface area contributed by atoms with Crippen LogP contribution < -0.4 is 5.32 Å². The molecule has 1 N–H and O–H groups in total. The summed E-state index contributed by atoms with van der Waals surface area (Å²) in [5.74, 6) is 0. The van der Waals surface area contributed by atoms with Gasteiger partial charge in [0.1, 0.15) is 0 Å². The van der Waals surface area contributed by atoms with E-state index in [2.05, 4.69) is 47.2 Å². The van der Waals surface area contributed by atoms with Gasteiger partial charge in [-0.25, -0.2) is 0 Å². The summed E-state index contributed by atoms with van der Waals surface area (Å²) in [5.41, 5.74) is 3.61. The lowest BCUT2D eigenvalue weighted by Crippen LogP contribution is -2.19. The molecule has 0 aliphatic carbocycles. The van der Waals surface area contributed by atoms with Crippen LogP contribution in [-0.4, -0.2) is 4.92 Å². The van der Waals surface area contributed by atoms with Crippen LogP contribution in [0.1, 0.15) is 29.7 Å². The minimum atomic E-state index is -0.391. The van der Waals surface area contributed by atoms with Crippen LogP contribution in [0.15, 0.2) is 46.9 Å². The van der Waals surface area contributed by atoms with Gasteiger partial charge in [0.15, 0.2) is 0 Å². The Morgan fingerprint density at radius 1 is 1.29 bits per heavy atom. The molecule has 0 saturated heterocycles. The van der Waals surface area contributed by atoms with Crippen LogP contribution >= 0.6 is 15.9 Å². The summed E-state index contributed by atoms with van der Waals surface area (Å²) in [5, 5.41) is 14.2. The number of aryl methyl sites for hydroxylation is 1. The molecule has 5 heteroatoms. The molecule has 2 rings (SSSR count). The van der Waals surface area contributed by atoms with Gasteiger partial charge in [0.25, 0.3) is 5.69 Å². The van der Waals surface area contributed by atoms with Gasteiger partial charge in [0.05, 0.1) is 4.92 Å². The Hall–Kier alpha value is -1.72. The number of nitrogens with one attached hydrogen (secondary N) is 1. The van der Waals surface area contributed by atoms with Gasteiger partial charge < -0.3 is 5.32 Å². The standard InChI is InChI=1S/C16H17BrN2O2/c1-11-5-3-4-6-15(11)12(2)18-10-13-7-8-14(19(20)21)9-16(13)17/h3-9,12,18H,10H2,1-2H3/t12-/m0/s1. The number of nitrogens with zero attached hydrogens (tertiary/aromatic N) is 1. The Labute approximate surface area is 132 Å². The molecular weight excluding hydrogens is 332 g/mol. The maximum Gasteiger partial charge on any atom is 0.270 e. The molecule has 110 valence electrons. The van der Waals surface area contributed by atoms with E-state index in [1.165, 1.54) is 23.3 Å². The highest BCUT2D eigenvalue weighted by atomic mass is 79.9. The molecule has 0 amide bonds. The molecule has 0 radical (unpaired) electrons. The molecule has 1 atom stereocenters. The van der Waals surface area contributed by atoms with Crippen molar-refractivity contribution < 1.29 is 4.92 Å². The molecule has 0 aromatic heterocycles. The summed E-state index contributed by atoms with van der Waals surface area (Å²) in [6, 6.07) is 13.3. The zero-order valence-corrected chi connectivity index (χ0v) is 13.6. The number of benzene rings is 2. The minimum Gasteiger partial charge on any atom is -0.306 e. The van der Waals surface area contributed by atoms with Gasteiger partial charge in [-0.1, -0.05) is 40.2 Å². The first-order valence-corrected chi connectivity index (χ1v) is 7.50. The number of non-ortho nitro benzene ring substituents is 1. The van der Waals surface area contributed by atoms with E-state index in [1.807, 2.05) is 12.1 Å². The second-order valence-electron chi connectivity index (χ2n) is 4.99. The molecule has 0 heterocycles. The average molecular weight is 349 g/mol. The Balaban J connectivity index is 2.06. The minimum absolute atomic E-state index is 0.0950. The van der Waals surface area contributed by atoms with E-state index in [0.717, 1.165) is 10.0 Å². The summed E-state index contributed by atoms with van der Waals surface area (Å²) in [6.45, 7) is 4.85. The lowest BCUT2D eigenvalue weighted by Gasteiger charge is -2.17. The molecule has 0 bridgehead atoms. The summed E-state index contributed by atoms with van der Waals surface area (Å²) in [4.78, 5) is 10.3. The number of halogens is 1. The van der Waals surface area contributed by atoms with E-state index in [0.29, 0.717) is 6.54 Å². The number of nitro groups is 1. The summed E-state index contributed by atoms with van der Waals surface area (Å²) in [7, 11) is 0. The third kappa shape index (κ3) is 3.89. The zero-order chi connectivity index (χ0) is 15.4. The van der Waals surface area contributed by atoms with Crippen LogP contribution in [0, 0.1) is 17.0 Å². The third-order valence-corrected chi connectivity index (χ3v) is 4.24. The van der Waals surface area contributed by atoms with E-state index < -0.39 is 4.92 Å². The van der Waals surface area contributed by atoms with Crippen LogP contribution in [0.2, 0.25) is 0 Å². The van der Waals surface area contributed by atoms with Crippen LogP contribution in [0.3, 0.4) is 0 Å². The van der Waals surface area contributed by atoms with Gasteiger partial charge in [-0.2, -0.15) is 0 Å². The summed E-state index contributed by atoms with van der Waals surface area (Å²) < 4.78 is 0.751. The van der Waals surface area contributed by atoms with Crippen LogP contribution in [0.4, 0.5) is 5.69 Å². The molecule has 0 aliphatic rings. The van der Waals surface area contributed by atoms with Gasteiger partial charge in [-0.05, 0) is 36.6 Å². The number of nitro benzene ring substituents is 1. The Bertz CT molecular complexity index is 658. The van der Waals surface area contributed by atoms with Gasteiger partial charge in [-0.3, -0.25) is 10.1 Å². The molecule has 0 spiro atoms. The average Bonchev–Trinajstić information content (AvgIpc) is 2.46. The van der Waals surface area contributed by atoms with Gasteiger partial charge in [0.2, 0.25) is 0 Å². The van der Waals surface area contributed by atoms with Crippen molar-refractivity contribution in [3.63, 3.8) is 0 Å². The van der Waals surface area contributed by atoms with Crippen LogP contribution in [0.5, 0.6) is 0 Å². The maximum atomic E-state index is 10.7. The molecule has 2 aromatic carbocycles. The zero-order valence-electron chi connectivity index (χ0n) is 12.0. The molecule has 0 saturated carbocycles. The summed E-state index contributed by atoms with van der Waals surface area (Å²) in [6.07, 6.45) is 0. The van der Waals surface area contributed by atoms with Crippen molar-refractivity contribution in [2.45, 2.75) is 26.4 Å². The molecule has 21 heavy (non-hydrogen) atoms. The monoisotopic (exact) mass is 348 g/mol. The fourth-order valence-corrected chi connectivity index (χ4v) is 2.75. The van der Waals surface area contributed by atoms with Gasteiger partial charge in [-0.15, -0.1) is 0 Å². The van der Waals surface area contributed by atoms with E-state index in [4.69, 9.17) is 0 Å². The highest BCUT2D eigenvalue weighted by Crippen LogP contribution is 2.24. The highest BCUT2D eigenvalue weighted by Gasteiger charge is 2.11. The first-order chi connectivity index (χ1) is 9.99. The fourth-order valence-electron chi connectivity index (χ4n) is 2.24. The van der Waals surface area contributed by atoms with Crippen molar-refractivity contribution in [1.29, 1.82) is 0 Å². The third-order valence-electron chi connectivity index (χ3n) is 3.50. The topological polar surface area (TPSA) is 55.2 Å². The Morgan fingerprint density at radius 3 is 2.62 bits per heavy atom. The lowest BCUT2D eigenvalue weighted by atomic mass is 10.0. The van der Waals surface area contributed by atoms with E-state index >= 15 is 0 Å². The van der Waals surface area contributed by atoms with Crippen molar-refractivity contribution in [2.24, 2.45) is 0 Å². The van der Waals surface area contributed by atoms with Gasteiger partial charge in [0, 0.05) is 29.2 Å². The predicted molar refractivity (Wildman–Crippen MR) is 87.2 cm³/mol. The van der Waals surface area contributed by atoms with Gasteiger partial charge >= 0.3 is 0 Å². The smallest absolute Gasteiger partial charge is 0.270 e. The Kier molecular flexibility index (Phi) is 5.09. The highest BCUT2D eigenvalue weighted by molar-refractivity contribution is 9.10. The van der Waals surface area contributed by atoms with E-state index in [-0.39, 0.29) is 11.7 Å². The van der Waals surface area contributed by atoms with Crippen molar-refractivity contribution in [1.82, 2.24) is 5.32 Å². The first-order valence-electron chi connectivity index (χ1n) is 6.70. The van der Waals surface area contributed by atoms with Crippen LogP contribution in [-0.2, 0) is 6.54 Å². The second-order valence-corrected chi connectivity index (χ2v) is 5.85. The quantitative estimate of drug-likeness (QED) is 0.638. The first kappa shape index (κ1) is 15.7. The van der Waals surface area contributed by atoms with E-state index in [9.17, 15) is 10.1 Å². The maximum absolute atomic E-state index is 10.7. The SMILES string of the molecule is Cc1ccccc1[C@H](C)NCc1ccc([N+](=O)[O-])cc1Br. The van der Waals surface area contributed by atoms with Crippen LogP contribution in [0.25, 0.3) is 0 Å². The second kappa shape index (κ2) is 6.83. The largest absolute Gasteiger partial charge is 0.306 e. The molecular formula is C16H17BrN2O2. The van der Waals surface area contributed by atoms with Crippen molar-refractivity contribution in [2.75, 3.05) is 0 Å². The predicted octanol–water partition coefficient (Wildman–Crippen LogP) is 4.52. The van der Waals surface area contributed by atoms with Crippen molar-refractivity contribution >= 4 is 21.6 Å². The molecule has 0 fully saturated rings. The van der Waals surface area contributed by atoms with E-state index in [1.54, 1.807) is 6.07 Å².